The third-order valence-electron chi connectivity index (χ3n) is 4.10. The zero-order valence-electron chi connectivity index (χ0n) is 15.3. The normalized spacial score (nSPS) is 11.8. The lowest BCUT2D eigenvalue weighted by molar-refractivity contribution is -0.145. The number of aryl methyl sites for hydroxylation is 1. The molecule has 1 atom stereocenters. The van der Waals surface area contributed by atoms with Crippen LogP contribution in [0.15, 0.2) is 54.6 Å². The first-order valence-electron chi connectivity index (χ1n) is 8.76. The van der Waals surface area contributed by atoms with E-state index in [0.29, 0.717) is 11.3 Å². The van der Waals surface area contributed by atoms with Crippen LogP contribution in [0.3, 0.4) is 0 Å². The van der Waals surface area contributed by atoms with Gasteiger partial charge in [0.15, 0.2) is 0 Å². The number of nitrogens with one attached hydrogen (secondary N) is 1. The lowest BCUT2D eigenvalue weighted by Gasteiger charge is -2.14. The molecule has 3 rings (SSSR count). The van der Waals surface area contributed by atoms with Crippen molar-refractivity contribution in [3.05, 3.63) is 71.5 Å². The topological polar surface area (TPSA) is 81.2 Å². The minimum Gasteiger partial charge on any atom is -0.459 e. The molecule has 2 aromatic carbocycles. The van der Waals surface area contributed by atoms with Crippen LogP contribution >= 0.6 is 0 Å². The molecule has 1 aromatic heterocycles. The van der Waals surface area contributed by atoms with E-state index in [2.05, 4.69) is 15.3 Å². The summed E-state index contributed by atoms with van der Waals surface area (Å²) in [6.07, 6.45) is 0.0820. The SMILES string of the molecule is Cc1nc2ccccc2nc1COC(=O)CC(C)NC(=O)c1ccccc1. The summed E-state index contributed by atoms with van der Waals surface area (Å²) in [7, 11) is 0. The van der Waals surface area contributed by atoms with Crippen molar-refractivity contribution in [2.24, 2.45) is 0 Å². The number of amides is 1. The fraction of sp³-hybridized carbons (Fsp3) is 0.238. The standard InChI is InChI=1S/C21H21N3O3/c1-14(22-21(26)16-8-4-3-5-9-16)12-20(25)27-13-19-15(2)23-17-10-6-7-11-18(17)24-19/h3-11,14H,12-13H2,1-2H3,(H,22,26). The van der Waals surface area contributed by atoms with E-state index >= 15 is 0 Å². The summed E-state index contributed by atoms with van der Waals surface area (Å²) in [6.45, 7) is 3.66. The third-order valence-corrected chi connectivity index (χ3v) is 4.10. The summed E-state index contributed by atoms with van der Waals surface area (Å²) in [5.41, 5.74) is 3.48. The Morgan fingerprint density at radius 2 is 1.63 bits per heavy atom. The number of carbonyl (C=O) groups excluding carboxylic acids is 2. The highest BCUT2D eigenvalue weighted by molar-refractivity contribution is 5.94. The summed E-state index contributed by atoms with van der Waals surface area (Å²) in [5, 5.41) is 2.79. The predicted molar refractivity (Wildman–Crippen MR) is 102 cm³/mol. The lowest BCUT2D eigenvalue weighted by atomic mass is 10.2. The first kappa shape index (κ1) is 18.5. The maximum Gasteiger partial charge on any atom is 0.308 e. The van der Waals surface area contributed by atoms with Crippen molar-refractivity contribution in [1.82, 2.24) is 15.3 Å². The molecule has 0 saturated carbocycles. The van der Waals surface area contributed by atoms with E-state index in [1.807, 2.05) is 37.3 Å². The van der Waals surface area contributed by atoms with Crippen molar-refractivity contribution in [1.29, 1.82) is 0 Å². The number of para-hydroxylation sites is 2. The second kappa shape index (κ2) is 8.40. The molecule has 0 saturated heterocycles. The van der Waals surface area contributed by atoms with Gasteiger partial charge in [-0.2, -0.15) is 0 Å². The van der Waals surface area contributed by atoms with Gasteiger partial charge in [-0.15, -0.1) is 0 Å². The molecule has 0 aliphatic carbocycles. The lowest BCUT2D eigenvalue weighted by Crippen LogP contribution is -2.34. The fourth-order valence-corrected chi connectivity index (χ4v) is 2.67. The molecule has 1 unspecified atom stereocenters. The van der Waals surface area contributed by atoms with Gasteiger partial charge in [-0.1, -0.05) is 30.3 Å². The largest absolute Gasteiger partial charge is 0.459 e. The Bertz CT molecular complexity index is 957. The average molecular weight is 363 g/mol. The van der Waals surface area contributed by atoms with Crippen LogP contribution in [0.2, 0.25) is 0 Å². The van der Waals surface area contributed by atoms with Gasteiger partial charge in [-0.3, -0.25) is 9.59 Å². The Kier molecular flexibility index (Phi) is 5.76. The molecule has 6 heteroatoms. The van der Waals surface area contributed by atoms with E-state index in [1.165, 1.54) is 0 Å². The van der Waals surface area contributed by atoms with Crippen LogP contribution in [0, 0.1) is 6.92 Å². The minimum atomic E-state index is -0.398. The number of hydrogen-bond donors (Lipinski definition) is 1. The number of aromatic nitrogens is 2. The molecule has 138 valence electrons. The van der Waals surface area contributed by atoms with Crippen molar-refractivity contribution >= 4 is 22.9 Å². The molecule has 0 radical (unpaired) electrons. The molecule has 1 amide bonds. The predicted octanol–water partition coefficient (Wildman–Crippen LogP) is 3.19. The van der Waals surface area contributed by atoms with E-state index in [1.54, 1.807) is 31.2 Å². The minimum absolute atomic E-state index is 0.0574. The van der Waals surface area contributed by atoms with Gasteiger partial charge in [-0.05, 0) is 38.1 Å². The second-order valence-corrected chi connectivity index (χ2v) is 6.35. The van der Waals surface area contributed by atoms with Crippen LogP contribution in [0.5, 0.6) is 0 Å². The summed E-state index contributed by atoms with van der Waals surface area (Å²) < 4.78 is 5.32. The highest BCUT2D eigenvalue weighted by atomic mass is 16.5. The molecule has 1 N–H and O–H groups in total. The molecule has 0 bridgehead atoms. The fourth-order valence-electron chi connectivity index (χ4n) is 2.67. The molecule has 3 aromatic rings. The quantitative estimate of drug-likeness (QED) is 0.680. The van der Waals surface area contributed by atoms with Gasteiger partial charge in [0.1, 0.15) is 6.61 Å². The maximum absolute atomic E-state index is 12.1. The van der Waals surface area contributed by atoms with Crippen LogP contribution in [-0.4, -0.2) is 27.9 Å². The van der Waals surface area contributed by atoms with Gasteiger partial charge in [0.2, 0.25) is 0 Å². The number of rotatable bonds is 6. The Morgan fingerprint density at radius 3 is 2.33 bits per heavy atom. The van der Waals surface area contributed by atoms with Gasteiger partial charge in [0.25, 0.3) is 5.91 Å². The number of nitrogens with zero attached hydrogens (tertiary/aromatic N) is 2. The van der Waals surface area contributed by atoms with Crippen LogP contribution in [-0.2, 0) is 16.1 Å². The van der Waals surface area contributed by atoms with E-state index < -0.39 is 5.97 Å². The molecule has 0 aliphatic rings. The molecule has 27 heavy (non-hydrogen) atoms. The van der Waals surface area contributed by atoms with Gasteiger partial charge < -0.3 is 10.1 Å². The molecule has 6 nitrogen and oxygen atoms in total. The Morgan fingerprint density at radius 1 is 1.00 bits per heavy atom. The number of fused-ring (bicyclic) bond motifs is 1. The van der Waals surface area contributed by atoms with Crippen LogP contribution in [0.25, 0.3) is 11.0 Å². The summed E-state index contributed by atoms with van der Waals surface area (Å²) in [6, 6.07) is 16.1. The number of esters is 1. The molecule has 0 aliphatic heterocycles. The van der Waals surface area contributed by atoms with E-state index in [0.717, 1.165) is 16.7 Å². The number of benzene rings is 2. The van der Waals surface area contributed by atoms with Gasteiger partial charge in [-0.25, -0.2) is 9.97 Å². The molecule has 0 spiro atoms. The van der Waals surface area contributed by atoms with Crippen molar-refractivity contribution in [3.8, 4) is 0 Å². The Balaban J connectivity index is 1.53. The highest BCUT2D eigenvalue weighted by Gasteiger charge is 2.15. The van der Waals surface area contributed by atoms with Crippen molar-refractivity contribution in [2.75, 3.05) is 0 Å². The van der Waals surface area contributed by atoms with E-state index in [-0.39, 0.29) is 25.0 Å². The second-order valence-electron chi connectivity index (χ2n) is 6.35. The van der Waals surface area contributed by atoms with E-state index in [4.69, 9.17) is 4.74 Å². The molecular formula is C21H21N3O3. The zero-order chi connectivity index (χ0) is 19.2. The van der Waals surface area contributed by atoms with Crippen LogP contribution in [0.4, 0.5) is 0 Å². The molecular weight excluding hydrogens is 342 g/mol. The first-order valence-corrected chi connectivity index (χ1v) is 8.76. The zero-order valence-corrected chi connectivity index (χ0v) is 15.3. The third kappa shape index (κ3) is 4.88. The monoisotopic (exact) mass is 363 g/mol. The van der Waals surface area contributed by atoms with Gasteiger partial charge in [0, 0.05) is 11.6 Å². The number of ether oxygens (including phenoxy) is 1. The highest BCUT2D eigenvalue weighted by Crippen LogP contribution is 2.13. The summed E-state index contributed by atoms with van der Waals surface area (Å²) >= 11 is 0. The maximum atomic E-state index is 12.1. The van der Waals surface area contributed by atoms with Crippen molar-refractivity contribution in [2.45, 2.75) is 32.9 Å². The number of hydrogen-bond acceptors (Lipinski definition) is 5. The smallest absolute Gasteiger partial charge is 0.308 e. The van der Waals surface area contributed by atoms with Gasteiger partial charge >= 0.3 is 5.97 Å². The van der Waals surface area contributed by atoms with Crippen molar-refractivity contribution in [3.63, 3.8) is 0 Å². The Hall–Kier alpha value is -3.28. The average Bonchev–Trinajstić information content (AvgIpc) is 2.66. The van der Waals surface area contributed by atoms with Crippen LogP contribution in [0.1, 0.15) is 35.1 Å². The number of carbonyl (C=O) groups is 2. The van der Waals surface area contributed by atoms with Crippen molar-refractivity contribution < 1.29 is 14.3 Å². The Labute approximate surface area is 157 Å². The summed E-state index contributed by atoms with van der Waals surface area (Å²) in [5.74, 6) is -0.614. The molecule has 1 heterocycles. The van der Waals surface area contributed by atoms with E-state index in [9.17, 15) is 9.59 Å². The summed E-state index contributed by atoms with van der Waals surface area (Å²) in [4.78, 5) is 33.2. The first-order chi connectivity index (χ1) is 13.0. The van der Waals surface area contributed by atoms with Gasteiger partial charge in [0.05, 0.1) is 28.8 Å². The molecule has 0 fully saturated rings. The van der Waals surface area contributed by atoms with Crippen LogP contribution < -0.4 is 5.32 Å².